The van der Waals surface area contributed by atoms with Gasteiger partial charge in [0, 0.05) is 17.2 Å². The highest BCUT2D eigenvalue weighted by Crippen LogP contribution is 2.25. The van der Waals surface area contributed by atoms with Crippen molar-refractivity contribution in [3.8, 4) is 17.2 Å². The highest BCUT2D eigenvalue weighted by molar-refractivity contribution is 9.10. The molecule has 0 aliphatic heterocycles. The normalized spacial score (nSPS) is 10.4. The number of hydrogen-bond acceptors (Lipinski definition) is 3. The summed E-state index contributed by atoms with van der Waals surface area (Å²) in [5, 5.41) is 2.24. The second-order valence-electron chi connectivity index (χ2n) is 4.89. The minimum absolute atomic E-state index is 0.815. The van der Waals surface area contributed by atoms with Crippen molar-refractivity contribution in [1.82, 2.24) is 0 Å². The van der Waals surface area contributed by atoms with Crippen LogP contribution in [0, 0.1) is 0 Å². The molecule has 0 fully saturated rings. The van der Waals surface area contributed by atoms with Crippen LogP contribution < -0.4 is 19.5 Å². The molecule has 0 saturated heterocycles. The lowest BCUT2D eigenvalue weighted by Gasteiger charge is -2.09. The third-order valence-electron chi connectivity index (χ3n) is 3.39. The van der Waals surface area contributed by atoms with Crippen LogP contribution in [0.3, 0.4) is 0 Å². The van der Waals surface area contributed by atoms with Crippen molar-refractivity contribution < 1.29 is 19.5 Å². The summed E-state index contributed by atoms with van der Waals surface area (Å²) in [7, 11) is 5.00. The molecular formula is C17H21BrNO3+. The SMILES string of the molecule is COc1cc(C[NH2+]Cc2ccc(OC)c(Br)c2)cc(OC)c1. The van der Waals surface area contributed by atoms with Gasteiger partial charge in [-0.2, -0.15) is 0 Å². The molecular weight excluding hydrogens is 346 g/mol. The summed E-state index contributed by atoms with van der Waals surface area (Å²) in [5.74, 6) is 2.48. The van der Waals surface area contributed by atoms with E-state index in [4.69, 9.17) is 14.2 Å². The Bertz CT molecular complexity index is 609. The molecule has 2 N–H and O–H groups in total. The summed E-state index contributed by atoms with van der Waals surface area (Å²) >= 11 is 3.51. The predicted molar refractivity (Wildman–Crippen MR) is 89.6 cm³/mol. The van der Waals surface area contributed by atoms with Gasteiger partial charge in [0.05, 0.1) is 25.8 Å². The maximum absolute atomic E-state index is 5.29. The summed E-state index contributed by atoms with van der Waals surface area (Å²) in [5.41, 5.74) is 2.41. The predicted octanol–water partition coefficient (Wildman–Crippen LogP) is 2.74. The lowest BCUT2D eigenvalue weighted by atomic mass is 10.2. The Kier molecular flexibility index (Phi) is 6.10. The Labute approximate surface area is 139 Å². The van der Waals surface area contributed by atoms with Crippen molar-refractivity contribution in [2.24, 2.45) is 0 Å². The van der Waals surface area contributed by atoms with Crippen molar-refractivity contribution in [3.63, 3.8) is 0 Å². The van der Waals surface area contributed by atoms with Gasteiger partial charge in [0.25, 0.3) is 0 Å². The van der Waals surface area contributed by atoms with Crippen molar-refractivity contribution in [3.05, 3.63) is 52.0 Å². The second kappa shape index (κ2) is 8.06. The Balaban J connectivity index is 1.97. The summed E-state index contributed by atoms with van der Waals surface area (Å²) in [6.45, 7) is 1.75. The summed E-state index contributed by atoms with van der Waals surface area (Å²) in [6, 6.07) is 12.1. The van der Waals surface area contributed by atoms with Gasteiger partial charge in [-0.25, -0.2) is 0 Å². The van der Waals surface area contributed by atoms with Gasteiger partial charge in [0.2, 0.25) is 0 Å². The first-order valence-corrected chi connectivity index (χ1v) is 7.81. The van der Waals surface area contributed by atoms with E-state index in [0.717, 1.165) is 34.8 Å². The lowest BCUT2D eigenvalue weighted by Crippen LogP contribution is -2.80. The Morgan fingerprint density at radius 2 is 1.45 bits per heavy atom. The number of halogens is 1. The first-order chi connectivity index (χ1) is 10.7. The van der Waals surface area contributed by atoms with Gasteiger partial charge in [-0.3, -0.25) is 0 Å². The number of benzene rings is 2. The van der Waals surface area contributed by atoms with Crippen molar-refractivity contribution in [2.45, 2.75) is 13.1 Å². The van der Waals surface area contributed by atoms with E-state index >= 15 is 0 Å². The van der Waals surface area contributed by atoms with Crippen LogP contribution in [0.15, 0.2) is 40.9 Å². The van der Waals surface area contributed by atoms with E-state index in [9.17, 15) is 0 Å². The van der Waals surface area contributed by atoms with Crippen LogP contribution in [-0.4, -0.2) is 21.3 Å². The Morgan fingerprint density at radius 3 is 2.00 bits per heavy atom. The minimum Gasteiger partial charge on any atom is -0.497 e. The molecule has 22 heavy (non-hydrogen) atoms. The molecule has 0 spiro atoms. The van der Waals surface area contributed by atoms with E-state index in [2.05, 4.69) is 33.4 Å². The van der Waals surface area contributed by atoms with Crippen LogP contribution in [-0.2, 0) is 13.1 Å². The minimum atomic E-state index is 0.815. The van der Waals surface area contributed by atoms with Crippen LogP contribution >= 0.6 is 15.9 Å². The number of methoxy groups -OCH3 is 3. The van der Waals surface area contributed by atoms with Gasteiger partial charge in [0.1, 0.15) is 30.3 Å². The van der Waals surface area contributed by atoms with E-state index in [1.807, 2.05) is 24.3 Å². The maximum atomic E-state index is 5.29. The highest BCUT2D eigenvalue weighted by Gasteiger charge is 2.05. The largest absolute Gasteiger partial charge is 0.497 e. The number of rotatable bonds is 7. The van der Waals surface area contributed by atoms with E-state index in [0.29, 0.717) is 0 Å². The molecule has 0 saturated carbocycles. The highest BCUT2D eigenvalue weighted by atomic mass is 79.9. The zero-order valence-electron chi connectivity index (χ0n) is 13.1. The fourth-order valence-corrected chi connectivity index (χ4v) is 2.81. The number of hydrogen-bond donors (Lipinski definition) is 1. The molecule has 0 amide bonds. The van der Waals surface area contributed by atoms with E-state index in [-0.39, 0.29) is 0 Å². The first kappa shape index (κ1) is 16.6. The third kappa shape index (κ3) is 4.39. The van der Waals surface area contributed by atoms with Gasteiger partial charge < -0.3 is 19.5 Å². The molecule has 0 aliphatic rings. The van der Waals surface area contributed by atoms with Crippen molar-refractivity contribution in [2.75, 3.05) is 21.3 Å². The molecule has 2 aromatic carbocycles. The van der Waals surface area contributed by atoms with Gasteiger partial charge in [-0.15, -0.1) is 0 Å². The molecule has 0 aliphatic carbocycles. The third-order valence-corrected chi connectivity index (χ3v) is 4.01. The van der Waals surface area contributed by atoms with Crippen LogP contribution in [0.2, 0.25) is 0 Å². The van der Waals surface area contributed by atoms with Crippen LogP contribution in [0.1, 0.15) is 11.1 Å². The number of nitrogens with two attached hydrogens (primary N) is 1. The fraction of sp³-hybridized carbons (Fsp3) is 0.294. The smallest absolute Gasteiger partial charge is 0.133 e. The molecule has 2 aromatic rings. The van der Waals surface area contributed by atoms with Crippen molar-refractivity contribution in [1.29, 1.82) is 0 Å². The van der Waals surface area contributed by atoms with E-state index in [1.165, 1.54) is 11.1 Å². The molecule has 0 bridgehead atoms. The van der Waals surface area contributed by atoms with Crippen LogP contribution in [0.5, 0.6) is 17.2 Å². The van der Waals surface area contributed by atoms with Gasteiger partial charge in [-0.05, 0) is 46.3 Å². The average Bonchev–Trinajstić information content (AvgIpc) is 2.54. The molecule has 0 unspecified atom stereocenters. The molecule has 118 valence electrons. The average molecular weight is 367 g/mol. The van der Waals surface area contributed by atoms with Crippen molar-refractivity contribution >= 4 is 15.9 Å². The molecule has 0 radical (unpaired) electrons. The van der Waals surface area contributed by atoms with E-state index in [1.54, 1.807) is 21.3 Å². The molecule has 5 heteroatoms. The quantitative estimate of drug-likeness (QED) is 0.819. The first-order valence-electron chi connectivity index (χ1n) is 7.02. The topological polar surface area (TPSA) is 44.3 Å². The molecule has 0 heterocycles. The Hall–Kier alpha value is -1.72. The number of ether oxygens (including phenoxy) is 3. The zero-order valence-corrected chi connectivity index (χ0v) is 14.6. The van der Waals surface area contributed by atoms with Crippen LogP contribution in [0.4, 0.5) is 0 Å². The summed E-state index contributed by atoms with van der Waals surface area (Å²) in [4.78, 5) is 0. The molecule has 0 aromatic heterocycles. The molecule has 4 nitrogen and oxygen atoms in total. The number of quaternary nitrogens is 1. The van der Waals surface area contributed by atoms with Gasteiger partial charge in [-0.1, -0.05) is 0 Å². The van der Waals surface area contributed by atoms with E-state index < -0.39 is 0 Å². The monoisotopic (exact) mass is 366 g/mol. The Morgan fingerprint density at radius 1 is 0.818 bits per heavy atom. The molecule has 0 atom stereocenters. The zero-order chi connectivity index (χ0) is 15.9. The van der Waals surface area contributed by atoms with Gasteiger partial charge >= 0.3 is 0 Å². The summed E-state index contributed by atoms with van der Waals surface area (Å²) in [6.07, 6.45) is 0. The second-order valence-corrected chi connectivity index (χ2v) is 5.74. The maximum Gasteiger partial charge on any atom is 0.133 e. The molecule has 2 rings (SSSR count). The fourth-order valence-electron chi connectivity index (χ4n) is 2.23. The standard InChI is InChI=1S/C17H20BrNO3/c1-20-14-6-13(7-15(9-14)21-2)11-19-10-12-4-5-17(22-3)16(18)8-12/h4-9,19H,10-11H2,1-3H3/p+1. The van der Waals surface area contributed by atoms with Crippen LogP contribution in [0.25, 0.3) is 0 Å². The van der Waals surface area contributed by atoms with Gasteiger partial charge in [0.15, 0.2) is 0 Å². The summed E-state index contributed by atoms with van der Waals surface area (Å²) < 4.78 is 16.8. The lowest BCUT2D eigenvalue weighted by molar-refractivity contribution is -0.686.